The van der Waals surface area contributed by atoms with E-state index >= 15 is 24.0 Å². The van der Waals surface area contributed by atoms with Crippen molar-refractivity contribution in [1.29, 1.82) is 0 Å². The lowest BCUT2D eigenvalue weighted by atomic mass is 9.97. The summed E-state index contributed by atoms with van der Waals surface area (Å²) >= 11 is 1.40. The number of aliphatic hydroxyl groups is 1. The number of nitrogens with zero attached hydrogens (tertiary/aromatic N) is 3. The molecule has 2 aliphatic rings. The van der Waals surface area contributed by atoms with Crippen molar-refractivity contribution in [2.24, 2.45) is 30.2 Å². The summed E-state index contributed by atoms with van der Waals surface area (Å²) in [6, 6.07) is -1.54. The van der Waals surface area contributed by atoms with Gasteiger partial charge in [0.2, 0.25) is 94.5 Å². The lowest BCUT2D eigenvalue weighted by Crippen LogP contribution is -2.63. The number of para-hydroxylation sites is 3. The van der Waals surface area contributed by atoms with Gasteiger partial charge in [0.1, 0.15) is 78.5 Å². The molecule has 123 heavy (non-hydrogen) atoms. The SMILES string of the molecule is CC[C@H](C)[C@H](NC(=O)[C@@H](NC(=O)[C@H](Cc1cn(C)c2ccccc12)NC(=O)[C@H](CCSC)NC(C)=O)[C@@H](C)O)C(=O)N[C@H]1CSSC[C@@H](C(=O)N[C@@H](Cc2c[nH]c3ccccc23)C(=O)N2CCC[C@H]2C(N)=O)NC(=O)[C@H](CC(=O)O)NC(=O)[C@H](Cc2cnc[nH]2)NC(=O)[C@H](Cc2c[nH]c3ccccc23)NC(=O)[C@H](CC(N)=O)NC(=O)[C@H](CC(N)=O)NC1=O. The number of imidazole rings is 1. The van der Waals surface area contributed by atoms with E-state index in [1.807, 2.05) is 6.07 Å². The van der Waals surface area contributed by atoms with Gasteiger partial charge in [-0.15, -0.1) is 0 Å². The summed E-state index contributed by atoms with van der Waals surface area (Å²) < 4.78 is 1.80. The number of nitrogens with one attached hydrogen (secondary N) is 15. The molecule has 0 spiro atoms. The number of aromatic nitrogens is 5. The van der Waals surface area contributed by atoms with Crippen molar-refractivity contribution < 1.29 is 91.7 Å². The number of benzene rings is 3. The van der Waals surface area contributed by atoms with Crippen LogP contribution < -0.4 is 81.0 Å². The van der Waals surface area contributed by atoms with E-state index in [9.17, 15) is 67.7 Å². The molecule has 40 nitrogen and oxygen atoms in total. The van der Waals surface area contributed by atoms with Gasteiger partial charge in [0.15, 0.2) is 0 Å². The summed E-state index contributed by atoms with van der Waals surface area (Å²) in [4.78, 5) is 258. The average Bonchev–Trinajstić information content (AvgIpc) is 1.68. The number of nitrogens with two attached hydrogens (primary N) is 3. The van der Waals surface area contributed by atoms with Crippen molar-refractivity contribution in [3.8, 4) is 0 Å². The molecule has 0 saturated carbocycles. The Bertz CT molecular complexity index is 5060. The highest BCUT2D eigenvalue weighted by Gasteiger charge is 2.43. The van der Waals surface area contributed by atoms with Crippen LogP contribution in [0.5, 0.6) is 0 Å². The molecule has 9 rings (SSSR count). The Hall–Kier alpha value is -12.5. The Morgan fingerprint density at radius 2 is 1.13 bits per heavy atom. The lowest BCUT2D eigenvalue weighted by Gasteiger charge is -2.30. The number of aromatic amines is 3. The number of thioether (sulfide) groups is 1. The third-order valence-electron chi connectivity index (χ3n) is 21.0. The summed E-state index contributed by atoms with van der Waals surface area (Å²) in [7, 11) is 3.18. The van der Waals surface area contributed by atoms with Gasteiger partial charge >= 0.3 is 5.97 Å². The molecule has 0 radical (unpaired) electrons. The number of carbonyl (C=O) groups excluding carboxylic acids is 16. The first kappa shape index (κ1) is 94.3. The number of aliphatic carboxylic acids is 1. The largest absolute Gasteiger partial charge is 0.481 e. The number of likely N-dealkylation sites (tertiary alicyclic amines) is 1. The molecule has 2 fully saturated rings. The van der Waals surface area contributed by atoms with E-state index in [0.29, 0.717) is 77.6 Å². The van der Waals surface area contributed by atoms with Gasteiger partial charge in [0.05, 0.1) is 31.7 Å². The van der Waals surface area contributed by atoms with E-state index in [-0.39, 0.29) is 44.3 Å². The zero-order valence-corrected chi connectivity index (χ0v) is 70.7. The zero-order chi connectivity index (χ0) is 89.5. The molecule has 7 aromatic rings. The minimum atomic E-state index is -2.12. The second kappa shape index (κ2) is 44.3. The number of carbonyl (C=O) groups is 17. The highest BCUT2D eigenvalue weighted by atomic mass is 33.1. The van der Waals surface area contributed by atoms with E-state index < -0.39 is 235 Å². The first-order valence-corrected chi connectivity index (χ1v) is 43.5. The highest BCUT2D eigenvalue weighted by molar-refractivity contribution is 8.76. The molecule has 6 heterocycles. The maximum atomic E-state index is 15.4. The quantitative estimate of drug-likeness (QED) is 0.0185. The maximum Gasteiger partial charge on any atom is 0.305 e. The van der Waals surface area contributed by atoms with Crippen LogP contribution in [0.2, 0.25) is 0 Å². The molecule has 0 bridgehead atoms. The molecule has 4 aromatic heterocycles. The minimum Gasteiger partial charge on any atom is -0.481 e. The number of fused-ring (bicyclic) bond motifs is 3. The van der Waals surface area contributed by atoms with Gasteiger partial charge in [-0.25, -0.2) is 4.98 Å². The predicted octanol–water partition coefficient (Wildman–Crippen LogP) is -2.75. The molecule has 2 aliphatic heterocycles. The van der Waals surface area contributed by atoms with Gasteiger partial charge < -0.3 is 116 Å². The van der Waals surface area contributed by atoms with Crippen molar-refractivity contribution in [3.63, 3.8) is 0 Å². The number of primary amides is 3. The fourth-order valence-electron chi connectivity index (χ4n) is 14.4. The number of aryl methyl sites for hydroxylation is 1. The number of rotatable bonds is 33. The van der Waals surface area contributed by atoms with Crippen molar-refractivity contribution >= 4 is 167 Å². The molecule has 2 saturated heterocycles. The Balaban J connectivity index is 1.10. The van der Waals surface area contributed by atoms with Gasteiger partial charge in [-0.2, -0.15) is 11.8 Å². The number of aliphatic hydroxyl groups excluding tert-OH is 1. The Morgan fingerprint density at radius 3 is 1.72 bits per heavy atom. The van der Waals surface area contributed by atoms with E-state index in [4.69, 9.17) is 17.2 Å². The predicted molar refractivity (Wildman–Crippen MR) is 455 cm³/mol. The molecule has 23 N–H and O–H groups in total. The Labute approximate surface area is 717 Å². The van der Waals surface area contributed by atoms with Crippen molar-refractivity contribution in [2.75, 3.05) is 30.1 Å². The van der Waals surface area contributed by atoms with E-state index in [2.05, 4.69) is 83.7 Å². The van der Waals surface area contributed by atoms with Gasteiger partial charge in [-0.3, -0.25) is 81.5 Å². The molecule has 15 atom stereocenters. The number of amides is 16. The molecule has 3 aromatic carbocycles. The standard InChI is InChI=1S/C80H103N21O19S3/c1-7-39(2)66(98-79(119)67(40(3)102)99-75(115)53(89-69(109)51(22-24-121-6)88-41(4)103)27-44-35-100(5)61-20-13-10-17-48(44)61)78(118)97-60-37-123-122-36-59(77(117)95-58(80(120)101-23-14-21-62(101)68(83)108)26-43-33-86-50-19-12-9-16-47(43)50)96-74(114)57(31-65(106)107)94-71(111)54(28-45-34-84-38-87-45)91-70(110)52(25-42-32-85-49-18-11-8-15-46(42)49)90-72(112)55(29-63(81)104)92-73(113)56(30-64(82)105)93-76(60)116/h8-13,15-20,32-35,38-40,51-60,62,66-67,85-86,102H,7,14,21-31,36-37H2,1-6H3,(H2,81,104)(H2,82,105)(H2,83,108)(H,84,87)(H,88,103)(H,89,109)(H,90,112)(H,91,110)(H,92,113)(H,93,116)(H,94,111)(H,95,117)(H,96,114)(H,97,118)(H,98,119)(H,99,115)(H,106,107)/t39-,40+,51-,52-,53-,54-,55-,56-,57-,58-,59-,60-,62-,66-,67-/m0/s1. The van der Waals surface area contributed by atoms with Crippen LogP contribution in [0.25, 0.3) is 32.7 Å². The molecule has 16 amide bonds. The van der Waals surface area contributed by atoms with Crippen LogP contribution in [-0.4, -0.2) is 255 Å². The fourth-order valence-corrected chi connectivity index (χ4v) is 17.2. The van der Waals surface area contributed by atoms with Gasteiger partial charge in [0.25, 0.3) is 0 Å². The van der Waals surface area contributed by atoms with Crippen molar-refractivity contribution in [2.45, 2.75) is 183 Å². The van der Waals surface area contributed by atoms with Crippen LogP contribution in [0, 0.1) is 5.92 Å². The van der Waals surface area contributed by atoms with E-state index in [1.165, 1.54) is 49.2 Å². The number of hydrogen-bond acceptors (Lipinski definition) is 22. The second-order valence-electron chi connectivity index (χ2n) is 30.2. The van der Waals surface area contributed by atoms with Crippen molar-refractivity contribution in [3.05, 3.63) is 126 Å². The maximum absolute atomic E-state index is 15.4. The lowest BCUT2D eigenvalue weighted by molar-refractivity contribution is -0.142. The Kier molecular flexibility index (Phi) is 34.0. The number of carboxylic acid groups (broad SMARTS) is 1. The van der Waals surface area contributed by atoms with Gasteiger partial charge in [-0.1, -0.05) is 96.5 Å². The van der Waals surface area contributed by atoms with Crippen LogP contribution in [0.15, 0.2) is 104 Å². The normalized spacial score (nSPS) is 20.9. The van der Waals surface area contributed by atoms with Gasteiger partial charge in [0, 0.05) is 121 Å². The molecule has 0 unspecified atom stereocenters. The first-order valence-electron chi connectivity index (χ1n) is 39.6. The third kappa shape index (κ3) is 26.0. The van der Waals surface area contributed by atoms with Crippen LogP contribution in [0.4, 0.5) is 0 Å². The summed E-state index contributed by atoms with van der Waals surface area (Å²) in [6.07, 6.45) is 3.65. The number of hydrogen-bond donors (Lipinski definition) is 20. The molecule has 660 valence electrons. The van der Waals surface area contributed by atoms with Crippen LogP contribution in [-0.2, 0) is 114 Å². The van der Waals surface area contributed by atoms with Gasteiger partial charge in [-0.05, 0) is 79.0 Å². The topological polar surface area (TPSA) is 621 Å². The summed E-state index contributed by atoms with van der Waals surface area (Å²) in [5.41, 5.74) is 20.9. The smallest absolute Gasteiger partial charge is 0.305 e. The molecular weight excluding hydrogens is 1660 g/mol. The summed E-state index contributed by atoms with van der Waals surface area (Å²) in [5, 5.41) is 54.1. The van der Waals surface area contributed by atoms with Crippen LogP contribution in [0.3, 0.4) is 0 Å². The molecule has 43 heteroatoms. The van der Waals surface area contributed by atoms with E-state index in [1.54, 1.807) is 104 Å². The van der Waals surface area contributed by atoms with E-state index in [0.717, 1.165) is 12.4 Å². The number of H-pyrrole nitrogens is 3. The second-order valence-corrected chi connectivity index (χ2v) is 33.7. The van der Waals surface area contributed by atoms with Crippen molar-refractivity contribution in [1.82, 2.24) is 93.2 Å². The minimum absolute atomic E-state index is 0.0380. The Morgan fingerprint density at radius 1 is 0.593 bits per heavy atom. The first-order chi connectivity index (χ1) is 58.6. The highest BCUT2D eigenvalue weighted by Crippen LogP contribution is 2.28. The zero-order valence-electron chi connectivity index (χ0n) is 68.2. The summed E-state index contributed by atoms with van der Waals surface area (Å²) in [5.74, 6) is -20.8. The fraction of sp³-hybridized carbons (Fsp3) is 0.450. The molecular formula is C80H103N21O19S3. The third-order valence-corrected chi connectivity index (χ3v) is 24.1. The van der Waals surface area contributed by atoms with Crippen LogP contribution in [0.1, 0.15) is 95.0 Å². The monoisotopic (exact) mass is 1760 g/mol. The number of carboxylic acids is 1. The average molecular weight is 1760 g/mol. The summed E-state index contributed by atoms with van der Waals surface area (Å²) in [6.45, 7) is 5.58. The van der Waals surface area contributed by atoms with Crippen LogP contribution >= 0.6 is 33.3 Å². The molecule has 0 aliphatic carbocycles.